The van der Waals surface area contributed by atoms with Crippen LogP contribution in [0.3, 0.4) is 0 Å². The lowest BCUT2D eigenvalue weighted by molar-refractivity contribution is -0.385. The molecule has 1 heterocycles. The third-order valence-electron chi connectivity index (χ3n) is 2.88. The van der Waals surface area contributed by atoms with Crippen LogP contribution in [0.4, 0.5) is 11.4 Å². The Morgan fingerprint density at radius 2 is 2.24 bits per heavy atom. The lowest BCUT2D eigenvalue weighted by Crippen LogP contribution is -2.27. The van der Waals surface area contributed by atoms with E-state index in [9.17, 15) is 10.1 Å². The van der Waals surface area contributed by atoms with Gasteiger partial charge in [0.2, 0.25) is 0 Å². The third kappa shape index (κ3) is 3.49. The number of rotatable bonds is 6. The van der Waals surface area contributed by atoms with Gasteiger partial charge in [0.25, 0.3) is 0 Å². The maximum atomic E-state index is 11.0. The summed E-state index contributed by atoms with van der Waals surface area (Å²) in [6, 6.07) is 4.78. The van der Waals surface area contributed by atoms with Crippen LogP contribution in [0.25, 0.3) is 0 Å². The van der Waals surface area contributed by atoms with Gasteiger partial charge in [-0.2, -0.15) is 0 Å². The van der Waals surface area contributed by atoms with Crippen LogP contribution in [0.15, 0.2) is 29.8 Å². The second-order valence-electron chi connectivity index (χ2n) is 4.96. The fourth-order valence-corrected chi connectivity index (χ4v) is 2.68. The minimum absolute atomic E-state index is 0.0329. The van der Waals surface area contributed by atoms with Gasteiger partial charge >= 0.3 is 5.69 Å². The molecule has 0 saturated carbocycles. The summed E-state index contributed by atoms with van der Waals surface area (Å²) in [6.07, 6.45) is 1.75. The van der Waals surface area contributed by atoms with Crippen molar-refractivity contribution in [1.29, 1.82) is 0 Å². The van der Waals surface area contributed by atoms with Crippen LogP contribution in [0.1, 0.15) is 25.8 Å². The molecule has 0 fully saturated rings. The average molecular weight is 307 g/mol. The Bertz CT molecular complexity index is 626. The summed E-state index contributed by atoms with van der Waals surface area (Å²) in [5.41, 5.74) is 0.354. The van der Waals surface area contributed by atoms with Gasteiger partial charge in [0.05, 0.1) is 17.1 Å². The van der Waals surface area contributed by atoms with Crippen LogP contribution in [0, 0.1) is 10.1 Å². The highest BCUT2D eigenvalue weighted by molar-refractivity contribution is 7.09. The molecule has 1 aromatic carbocycles. The molecule has 2 aromatic rings. The van der Waals surface area contributed by atoms with Crippen molar-refractivity contribution in [1.82, 2.24) is 4.98 Å². The number of nitrogens with one attached hydrogen (secondary N) is 1. The van der Waals surface area contributed by atoms with Gasteiger partial charge in [0.15, 0.2) is 5.75 Å². The van der Waals surface area contributed by atoms with E-state index in [4.69, 9.17) is 4.74 Å². The van der Waals surface area contributed by atoms with Gasteiger partial charge in [-0.25, -0.2) is 4.98 Å². The van der Waals surface area contributed by atoms with E-state index in [1.807, 2.05) is 19.2 Å². The molecule has 0 unspecified atom stereocenters. The molecule has 21 heavy (non-hydrogen) atoms. The lowest BCUT2D eigenvalue weighted by atomic mass is 10.1. The van der Waals surface area contributed by atoms with Crippen molar-refractivity contribution < 1.29 is 9.66 Å². The predicted molar refractivity (Wildman–Crippen MR) is 83.0 cm³/mol. The molecular weight excluding hydrogens is 290 g/mol. The van der Waals surface area contributed by atoms with Gasteiger partial charge in [-0.15, -0.1) is 11.3 Å². The van der Waals surface area contributed by atoms with Gasteiger partial charge in [-0.3, -0.25) is 10.1 Å². The molecule has 2 rings (SSSR count). The van der Waals surface area contributed by atoms with Gasteiger partial charge in [0, 0.05) is 29.4 Å². The van der Waals surface area contributed by atoms with E-state index in [1.165, 1.54) is 6.07 Å². The van der Waals surface area contributed by atoms with E-state index >= 15 is 0 Å². The Labute approximate surface area is 126 Å². The first kappa shape index (κ1) is 15.2. The number of thiazole rings is 1. The van der Waals surface area contributed by atoms with E-state index in [1.54, 1.807) is 36.6 Å². The first-order valence-corrected chi connectivity index (χ1v) is 7.41. The fraction of sp³-hybridized carbons (Fsp3) is 0.357. The summed E-state index contributed by atoms with van der Waals surface area (Å²) in [5.74, 6) is 0.266. The molecule has 1 aromatic heterocycles. The maximum Gasteiger partial charge on any atom is 0.311 e. The second-order valence-corrected chi connectivity index (χ2v) is 5.85. The Morgan fingerprint density at radius 3 is 2.81 bits per heavy atom. The number of hydrogen-bond donors (Lipinski definition) is 1. The minimum Gasteiger partial charge on any atom is -0.487 e. The zero-order chi connectivity index (χ0) is 15.5. The van der Waals surface area contributed by atoms with Crippen LogP contribution in [-0.4, -0.2) is 16.5 Å². The van der Waals surface area contributed by atoms with E-state index in [2.05, 4.69) is 10.3 Å². The SMILES string of the molecule is CCOc1cc(NC(C)(C)c2nccs2)ccc1[N+](=O)[O-]. The highest BCUT2D eigenvalue weighted by Crippen LogP contribution is 2.33. The number of nitro groups is 1. The summed E-state index contributed by atoms with van der Waals surface area (Å²) in [4.78, 5) is 14.8. The quantitative estimate of drug-likeness (QED) is 0.649. The number of hydrogen-bond acceptors (Lipinski definition) is 6. The largest absolute Gasteiger partial charge is 0.487 e. The van der Waals surface area contributed by atoms with Gasteiger partial charge in [-0.1, -0.05) is 0 Å². The van der Waals surface area contributed by atoms with Gasteiger partial charge < -0.3 is 10.1 Å². The van der Waals surface area contributed by atoms with Crippen molar-refractivity contribution in [3.63, 3.8) is 0 Å². The van der Waals surface area contributed by atoms with Crippen molar-refractivity contribution in [3.05, 3.63) is 44.9 Å². The first-order valence-electron chi connectivity index (χ1n) is 6.53. The maximum absolute atomic E-state index is 11.0. The van der Waals surface area contributed by atoms with Crippen LogP contribution < -0.4 is 10.1 Å². The summed E-state index contributed by atoms with van der Waals surface area (Å²) in [6.45, 7) is 6.19. The normalized spacial score (nSPS) is 11.2. The topological polar surface area (TPSA) is 77.3 Å². The molecule has 0 atom stereocenters. The van der Waals surface area contributed by atoms with Crippen LogP contribution in [-0.2, 0) is 5.54 Å². The Hall–Kier alpha value is -2.15. The van der Waals surface area contributed by atoms with Crippen LogP contribution in [0.2, 0.25) is 0 Å². The molecule has 0 amide bonds. The molecule has 6 nitrogen and oxygen atoms in total. The van der Waals surface area contributed by atoms with Crippen LogP contribution >= 0.6 is 11.3 Å². The zero-order valence-corrected chi connectivity index (χ0v) is 12.9. The Balaban J connectivity index is 2.28. The van der Waals surface area contributed by atoms with Crippen molar-refractivity contribution in [3.8, 4) is 5.75 Å². The van der Waals surface area contributed by atoms with E-state index in [0.29, 0.717) is 6.61 Å². The summed E-state index contributed by atoms with van der Waals surface area (Å²) < 4.78 is 5.35. The molecular formula is C14H17N3O3S. The van der Waals surface area contributed by atoms with Crippen molar-refractivity contribution in [2.45, 2.75) is 26.3 Å². The standard InChI is InChI=1S/C14H17N3O3S/c1-4-20-12-9-10(5-6-11(12)17(18)19)16-14(2,3)13-15-7-8-21-13/h5-9,16H,4H2,1-3H3. The molecule has 1 N–H and O–H groups in total. The summed E-state index contributed by atoms with van der Waals surface area (Å²) in [7, 11) is 0. The highest BCUT2D eigenvalue weighted by atomic mass is 32.1. The van der Waals surface area contributed by atoms with Gasteiger partial charge in [0.1, 0.15) is 5.01 Å². The second kappa shape index (κ2) is 6.09. The minimum atomic E-state index is -0.444. The molecule has 0 bridgehead atoms. The van der Waals surface area contributed by atoms with Gasteiger partial charge in [-0.05, 0) is 26.8 Å². The predicted octanol–water partition coefficient (Wildman–Crippen LogP) is 3.80. The number of ether oxygens (including phenoxy) is 1. The third-order valence-corrected chi connectivity index (χ3v) is 3.98. The fourth-order valence-electron chi connectivity index (χ4n) is 1.96. The summed E-state index contributed by atoms with van der Waals surface area (Å²) >= 11 is 1.56. The lowest BCUT2D eigenvalue weighted by Gasteiger charge is -2.25. The molecule has 0 radical (unpaired) electrons. The average Bonchev–Trinajstić information content (AvgIpc) is 2.93. The number of aromatic nitrogens is 1. The molecule has 7 heteroatoms. The Kier molecular flexibility index (Phi) is 4.42. The van der Waals surface area contributed by atoms with Crippen LogP contribution in [0.5, 0.6) is 5.75 Å². The first-order chi connectivity index (χ1) is 9.94. The van der Waals surface area contributed by atoms with E-state index in [-0.39, 0.29) is 17.0 Å². The van der Waals surface area contributed by atoms with E-state index < -0.39 is 4.92 Å². The highest BCUT2D eigenvalue weighted by Gasteiger charge is 2.24. The Morgan fingerprint density at radius 1 is 1.48 bits per heavy atom. The monoisotopic (exact) mass is 307 g/mol. The molecule has 0 saturated heterocycles. The molecule has 0 spiro atoms. The zero-order valence-electron chi connectivity index (χ0n) is 12.1. The molecule has 0 aliphatic heterocycles. The molecule has 112 valence electrons. The molecule has 0 aliphatic carbocycles. The molecule has 0 aliphatic rings. The number of nitrogens with zero attached hydrogens (tertiary/aromatic N) is 2. The number of anilines is 1. The summed E-state index contributed by atoms with van der Waals surface area (Å²) in [5, 5.41) is 17.2. The van der Waals surface area contributed by atoms with Crippen molar-refractivity contribution >= 4 is 22.7 Å². The smallest absolute Gasteiger partial charge is 0.311 e. The van der Waals surface area contributed by atoms with E-state index in [0.717, 1.165) is 10.7 Å². The number of nitro benzene ring substituents is 1. The number of benzene rings is 1. The van der Waals surface area contributed by atoms with Crippen molar-refractivity contribution in [2.24, 2.45) is 0 Å². The van der Waals surface area contributed by atoms with Crippen molar-refractivity contribution in [2.75, 3.05) is 11.9 Å².